The largest absolute Gasteiger partial charge is 0.490 e. The molecule has 1 spiro atoms. The van der Waals surface area contributed by atoms with Gasteiger partial charge in [-0.1, -0.05) is 30.3 Å². The second-order valence-electron chi connectivity index (χ2n) is 7.72. The summed E-state index contributed by atoms with van der Waals surface area (Å²) in [4.78, 5) is 11.5. The smallest absolute Gasteiger partial charge is 0.475 e. The third-order valence-electron chi connectivity index (χ3n) is 5.95. The molecule has 1 N–H and O–H groups in total. The average Bonchev–Trinajstić information content (AvgIpc) is 2.70. The molecule has 2 fully saturated rings. The first-order chi connectivity index (χ1) is 13.8. The summed E-state index contributed by atoms with van der Waals surface area (Å²) in [6, 6.07) is 10.8. The zero-order chi connectivity index (χ0) is 21.3. The molecular weight excluding hydrogens is 387 g/mol. The van der Waals surface area contributed by atoms with Crippen molar-refractivity contribution in [1.29, 1.82) is 0 Å². The summed E-state index contributed by atoms with van der Waals surface area (Å²) in [6.45, 7) is 6.32. The molecule has 164 valence electrons. The Morgan fingerprint density at radius 1 is 1.24 bits per heavy atom. The fourth-order valence-electron chi connectivity index (χ4n) is 4.12. The molecule has 3 rings (SSSR count). The number of benzene rings is 1. The monoisotopic (exact) mass is 417 g/mol. The van der Waals surface area contributed by atoms with E-state index in [-0.39, 0.29) is 0 Å². The van der Waals surface area contributed by atoms with Crippen LogP contribution >= 0.6 is 0 Å². The maximum atomic E-state index is 10.6. The van der Waals surface area contributed by atoms with E-state index in [0.29, 0.717) is 11.3 Å². The van der Waals surface area contributed by atoms with E-state index in [1.807, 2.05) is 7.11 Å². The van der Waals surface area contributed by atoms with Crippen molar-refractivity contribution < 1.29 is 32.5 Å². The van der Waals surface area contributed by atoms with Crippen LogP contribution in [0.5, 0.6) is 0 Å². The van der Waals surface area contributed by atoms with Gasteiger partial charge in [0.2, 0.25) is 0 Å². The quantitative estimate of drug-likeness (QED) is 0.793. The van der Waals surface area contributed by atoms with Crippen molar-refractivity contribution in [1.82, 2.24) is 4.90 Å². The third kappa shape index (κ3) is 7.28. The number of rotatable bonds is 5. The normalized spacial score (nSPS) is 22.0. The number of carboxylic acids is 1. The molecule has 0 aromatic heterocycles. The molecular formula is C21H30F3NO4. The third-order valence-corrected chi connectivity index (χ3v) is 5.95. The molecule has 2 aliphatic rings. The number of hydrogen-bond acceptors (Lipinski definition) is 4. The number of hydrogen-bond donors (Lipinski definition) is 1. The average molecular weight is 417 g/mol. The maximum Gasteiger partial charge on any atom is 0.490 e. The van der Waals surface area contributed by atoms with Gasteiger partial charge in [-0.15, -0.1) is 0 Å². The van der Waals surface area contributed by atoms with Gasteiger partial charge in [-0.05, 0) is 49.8 Å². The molecule has 0 saturated carbocycles. The fraction of sp³-hybridized carbons (Fsp3) is 0.667. The van der Waals surface area contributed by atoms with Crippen molar-refractivity contribution in [2.24, 2.45) is 11.3 Å². The second kappa shape index (κ2) is 10.9. The summed E-state index contributed by atoms with van der Waals surface area (Å²) in [7, 11) is 1.82. The maximum absolute atomic E-state index is 10.6. The van der Waals surface area contributed by atoms with Gasteiger partial charge in [0.15, 0.2) is 0 Å². The van der Waals surface area contributed by atoms with E-state index < -0.39 is 12.1 Å². The van der Waals surface area contributed by atoms with Crippen LogP contribution in [-0.4, -0.2) is 68.7 Å². The van der Waals surface area contributed by atoms with Gasteiger partial charge < -0.3 is 19.5 Å². The molecule has 1 aromatic rings. The number of carbonyl (C=O) groups is 1. The molecule has 0 aliphatic carbocycles. The standard InChI is InChI=1S/C19H29NO2.C2HF3O2/c1-21-15-18-16-22-14-10-19(18)8-12-20(13-9-19)11-7-17-5-3-2-4-6-17;3-2(4,5)1(6)7/h2-6,18H,7-16H2,1H3;(H,6,7). The zero-order valence-electron chi connectivity index (χ0n) is 16.8. The molecule has 29 heavy (non-hydrogen) atoms. The lowest BCUT2D eigenvalue weighted by atomic mass is 9.66. The van der Waals surface area contributed by atoms with E-state index in [0.717, 1.165) is 19.8 Å². The van der Waals surface area contributed by atoms with E-state index in [1.54, 1.807) is 0 Å². The number of ether oxygens (including phenoxy) is 2. The molecule has 0 radical (unpaired) electrons. The van der Waals surface area contributed by atoms with Gasteiger partial charge in [-0.3, -0.25) is 0 Å². The highest BCUT2D eigenvalue weighted by atomic mass is 19.4. The summed E-state index contributed by atoms with van der Waals surface area (Å²) in [5.74, 6) is -2.17. The second-order valence-corrected chi connectivity index (χ2v) is 7.72. The minimum absolute atomic E-state index is 0.470. The van der Waals surface area contributed by atoms with E-state index in [9.17, 15) is 13.2 Å². The number of nitrogens with zero attached hydrogens (tertiary/aromatic N) is 1. The number of alkyl halides is 3. The Hall–Kier alpha value is -1.64. The summed E-state index contributed by atoms with van der Waals surface area (Å²) >= 11 is 0. The van der Waals surface area contributed by atoms with E-state index in [1.165, 1.54) is 50.9 Å². The van der Waals surface area contributed by atoms with Gasteiger partial charge in [-0.2, -0.15) is 13.2 Å². The summed E-state index contributed by atoms with van der Waals surface area (Å²) < 4.78 is 42.9. The molecule has 1 unspecified atom stereocenters. The first-order valence-electron chi connectivity index (χ1n) is 9.90. The minimum atomic E-state index is -5.08. The van der Waals surface area contributed by atoms with Crippen LogP contribution in [0.3, 0.4) is 0 Å². The van der Waals surface area contributed by atoms with Crippen LogP contribution < -0.4 is 0 Å². The highest BCUT2D eigenvalue weighted by Crippen LogP contribution is 2.44. The van der Waals surface area contributed by atoms with Gasteiger partial charge in [0.25, 0.3) is 0 Å². The molecule has 0 bridgehead atoms. The Bertz CT molecular complexity index is 614. The van der Waals surface area contributed by atoms with Crippen molar-refractivity contribution in [2.75, 3.05) is 46.6 Å². The number of aliphatic carboxylic acids is 1. The fourth-order valence-corrected chi connectivity index (χ4v) is 4.12. The van der Waals surface area contributed by atoms with Crippen LogP contribution in [0.25, 0.3) is 0 Å². The lowest BCUT2D eigenvalue weighted by Gasteiger charge is -2.49. The zero-order valence-corrected chi connectivity index (χ0v) is 16.8. The molecule has 2 saturated heterocycles. The van der Waals surface area contributed by atoms with Crippen LogP contribution in [0.15, 0.2) is 30.3 Å². The van der Waals surface area contributed by atoms with Crippen LogP contribution in [0, 0.1) is 11.3 Å². The van der Waals surface area contributed by atoms with Crippen LogP contribution in [-0.2, 0) is 20.7 Å². The highest BCUT2D eigenvalue weighted by molar-refractivity contribution is 5.73. The Morgan fingerprint density at radius 3 is 2.41 bits per heavy atom. The number of piperidine rings is 1. The number of likely N-dealkylation sites (tertiary alicyclic amines) is 1. The predicted molar refractivity (Wildman–Crippen MR) is 103 cm³/mol. The highest BCUT2D eigenvalue weighted by Gasteiger charge is 2.43. The summed E-state index contributed by atoms with van der Waals surface area (Å²) in [6.07, 6.45) is -0.0929. The molecule has 0 amide bonds. The molecule has 1 aromatic carbocycles. The Kier molecular flexibility index (Phi) is 8.92. The predicted octanol–water partition coefficient (Wildman–Crippen LogP) is 3.63. The van der Waals surface area contributed by atoms with E-state index in [2.05, 4.69) is 35.2 Å². The van der Waals surface area contributed by atoms with Crippen LogP contribution in [0.1, 0.15) is 24.8 Å². The number of methoxy groups -OCH3 is 1. The van der Waals surface area contributed by atoms with Gasteiger partial charge in [0.1, 0.15) is 0 Å². The molecule has 2 heterocycles. The first kappa shape index (κ1) is 23.6. The lowest BCUT2D eigenvalue weighted by molar-refractivity contribution is -0.192. The topological polar surface area (TPSA) is 59.0 Å². The van der Waals surface area contributed by atoms with Crippen LogP contribution in [0.4, 0.5) is 13.2 Å². The Morgan fingerprint density at radius 2 is 1.86 bits per heavy atom. The molecule has 2 aliphatic heterocycles. The SMILES string of the molecule is COCC1COCCC12CCN(CCc1ccccc1)CC2.O=C(O)C(F)(F)F. The summed E-state index contributed by atoms with van der Waals surface area (Å²) in [5.41, 5.74) is 1.92. The number of halogens is 3. The summed E-state index contributed by atoms with van der Waals surface area (Å²) in [5, 5.41) is 7.12. The van der Waals surface area contributed by atoms with E-state index in [4.69, 9.17) is 19.4 Å². The molecule has 1 atom stereocenters. The molecule has 8 heteroatoms. The minimum Gasteiger partial charge on any atom is -0.475 e. The van der Waals surface area contributed by atoms with Crippen molar-refractivity contribution in [3.63, 3.8) is 0 Å². The number of carboxylic acid groups (broad SMARTS) is 1. The van der Waals surface area contributed by atoms with Gasteiger partial charge in [0.05, 0.1) is 13.2 Å². The van der Waals surface area contributed by atoms with Crippen molar-refractivity contribution in [2.45, 2.75) is 31.9 Å². The van der Waals surface area contributed by atoms with Crippen molar-refractivity contribution in [3.05, 3.63) is 35.9 Å². The van der Waals surface area contributed by atoms with Crippen molar-refractivity contribution >= 4 is 5.97 Å². The first-order valence-corrected chi connectivity index (χ1v) is 9.90. The van der Waals surface area contributed by atoms with Gasteiger partial charge in [-0.25, -0.2) is 4.79 Å². The lowest BCUT2D eigenvalue weighted by Crippen LogP contribution is -2.49. The van der Waals surface area contributed by atoms with Crippen molar-refractivity contribution in [3.8, 4) is 0 Å². The Labute approximate surface area is 169 Å². The van der Waals surface area contributed by atoms with E-state index >= 15 is 0 Å². The molecule has 5 nitrogen and oxygen atoms in total. The van der Waals surface area contributed by atoms with Gasteiger partial charge >= 0.3 is 12.1 Å². The van der Waals surface area contributed by atoms with Crippen LogP contribution in [0.2, 0.25) is 0 Å². The Balaban J connectivity index is 0.000000370. The van der Waals surface area contributed by atoms with Gasteiger partial charge in [0, 0.05) is 26.2 Å².